The van der Waals surface area contributed by atoms with Crippen LogP contribution in [0.15, 0.2) is 35.0 Å². The van der Waals surface area contributed by atoms with Crippen molar-refractivity contribution in [2.45, 2.75) is 25.8 Å². The van der Waals surface area contributed by atoms with Crippen LogP contribution >= 0.6 is 11.6 Å². The predicted molar refractivity (Wildman–Crippen MR) is 111 cm³/mol. The number of amides is 1. The van der Waals surface area contributed by atoms with E-state index in [9.17, 15) is 9.18 Å². The molecule has 1 aliphatic rings. The van der Waals surface area contributed by atoms with Crippen molar-refractivity contribution in [2.75, 3.05) is 25.5 Å². The maximum Gasteiger partial charge on any atom is 0.254 e. The van der Waals surface area contributed by atoms with Crippen LogP contribution in [0.3, 0.4) is 0 Å². The molecule has 3 heterocycles. The van der Waals surface area contributed by atoms with Gasteiger partial charge in [-0.2, -0.15) is 0 Å². The summed E-state index contributed by atoms with van der Waals surface area (Å²) in [5.74, 6) is 0.316. The SMILES string of the molecule is Cc1cc(-c2cnc(N(C)C)nc2C2CCCN2C(=O)c2ccc(F)c(Cl)c2)on1. The monoisotopic (exact) mass is 429 g/mol. The smallest absolute Gasteiger partial charge is 0.254 e. The lowest BCUT2D eigenvalue weighted by Gasteiger charge is -2.26. The third kappa shape index (κ3) is 3.75. The fourth-order valence-electron chi connectivity index (χ4n) is 3.62. The summed E-state index contributed by atoms with van der Waals surface area (Å²) >= 11 is 5.89. The van der Waals surface area contributed by atoms with Crippen LogP contribution in [0.4, 0.5) is 10.3 Å². The van der Waals surface area contributed by atoms with Crippen LogP contribution in [0.5, 0.6) is 0 Å². The highest BCUT2D eigenvalue weighted by atomic mass is 35.5. The first-order valence-corrected chi connectivity index (χ1v) is 9.97. The zero-order chi connectivity index (χ0) is 21.4. The molecule has 0 aliphatic carbocycles. The molecule has 1 aliphatic heterocycles. The number of aromatic nitrogens is 3. The summed E-state index contributed by atoms with van der Waals surface area (Å²) in [5, 5.41) is 3.89. The van der Waals surface area contributed by atoms with E-state index in [0.29, 0.717) is 35.1 Å². The van der Waals surface area contributed by atoms with Gasteiger partial charge in [0.1, 0.15) is 5.82 Å². The molecule has 1 atom stereocenters. The van der Waals surface area contributed by atoms with E-state index in [2.05, 4.69) is 10.1 Å². The lowest BCUT2D eigenvalue weighted by Crippen LogP contribution is -2.31. The minimum absolute atomic E-state index is 0.0775. The van der Waals surface area contributed by atoms with Gasteiger partial charge >= 0.3 is 0 Å². The van der Waals surface area contributed by atoms with Gasteiger partial charge in [0.25, 0.3) is 5.91 Å². The Morgan fingerprint density at radius 1 is 1.33 bits per heavy atom. The van der Waals surface area contributed by atoms with Crippen LogP contribution in [0, 0.1) is 12.7 Å². The Morgan fingerprint density at radius 2 is 2.13 bits per heavy atom. The van der Waals surface area contributed by atoms with Crippen molar-refractivity contribution in [3.05, 3.63) is 58.3 Å². The van der Waals surface area contributed by atoms with Crippen LogP contribution in [-0.2, 0) is 0 Å². The Labute approximate surface area is 178 Å². The highest BCUT2D eigenvalue weighted by Crippen LogP contribution is 2.38. The lowest BCUT2D eigenvalue weighted by molar-refractivity contribution is 0.0733. The van der Waals surface area contributed by atoms with Crippen LogP contribution in [0.1, 0.15) is 40.6 Å². The molecule has 0 spiro atoms. The van der Waals surface area contributed by atoms with Crippen molar-refractivity contribution >= 4 is 23.5 Å². The standard InChI is InChI=1S/C21H21ClFN5O2/c1-12-9-18(30-26-12)14-11-24-21(27(2)3)25-19(14)17-5-4-8-28(17)20(29)13-6-7-16(23)15(22)10-13/h6-7,9-11,17H,4-5,8H2,1-3H3. The molecule has 3 aromatic rings. The summed E-state index contributed by atoms with van der Waals surface area (Å²) < 4.78 is 19.0. The fourth-order valence-corrected chi connectivity index (χ4v) is 3.80. The first-order chi connectivity index (χ1) is 14.3. The van der Waals surface area contributed by atoms with Crippen molar-refractivity contribution in [1.82, 2.24) is 20.0 Å². The third-order valence-electron chi connectivity index (χ3n) is 5.09. The molecule has 1 amide bonds. The van der Waals surface area contributed by atoms with E-state index in [1.165, 1.54) is 18.2 Å². The molecule has 9 heteroatoms. The van der Waals surface area contributed by atoms with Crippen LogP contribution in [0.2, 0.25) is 5.02 Å². The van der Waals surface area contributed by atoms with E-state index >= 15 is 0 Å². The molecule has 0 bridgehead atoms. The van der Waals surface area contributed by atoms with Gasteiger partial charge in [-0.15, -0.1) is 0 Å². The third-order valence-corrected chi connectivity index (χ3v) is 5.38. The van der Waals surface area contributed by atoms with Gasteiger partial charge in [0.2, 0.25) is 5.95 Å². The normalized spacial score (nSPS) is 16.2. The number of aryl methyl sites for hydroxylation is 1. The number of anilines is 1. The van der Waals surface area contributed by atoms with E-state index in [-0.39, 0.29) is 17.0 Å². The highest BCUT2D eigenvalue weighted by molar-refractivity contribution is 6.31. The van der Waals surface area contributed by atoms with Crippen LogP contribution in [-0.4, -0.2) is 46.6 Å². The van der Waals surface area contributed by atoms with E-state index in [1.54, 1.807) is 16.0 Å². The Balaban J connectivity index is 1.76. The first kappa shape index (κ1) is 20.3. The summed E-state index contributed by atoms with van der Waals surface area (Å²) in [6, 6.07) is 5.56. The number of rotatable bonds is 4. The van der Waals surface area contributed by atoms with Crippen molar-refractivity contribution in [3.63, 3.8) is 0 Å². The number of nitrogens with zero attached hydrogens (tertiary/aromatic N) is 5. The van der Waals surface area contributed by atoms with Gasteiger partial charge in [0.15, 0.2) is 5.76 Å². The van der Waals surface area contributed by atoms with E-state index < -0.39 is 5.82 Å². The molecule has 1 saturated heterocycles. The average Bonchev–Trinajstić information content (AvgIpc) is 3.38. The molecule has 0 saturated carbocycles. The molecule has 7 nitrogen and oxygen atoms in total. The maximum atomic E-state index is 13.5. The number of carbonyl (C=O) groups excluding carboxylic acids is 1. The number of hydrogen-bond acceptors (Lipinski definition) is 6. The topological polar surface area (TPSA) is 75.4 Å². The van der Waals surface area contributed by atoms with Gasteiger partial charge in [-0.05, 0) is 38.0 Å². The minimum atomic E-state index is -0.555. The Kier molecular flexibility index (Phi) is 5.42. The van der Waals surface area contributed by atoms with Crippen molar-refractivity contribution in [2.24, 2.45) is 0 Å². The highest BCUT2D eigenvalue weighted by Gasteiger charge is 2.34. The fraction of sp³-hybridized carbons (Fsp3) is 0.333. The van der Waals surface area contributed by atoms with Crippen LogP contribution < -0.4 is 4.90 Å². The van der Waals surface area contributed by atoms with E-state index in [4.69, 9.17) is 21.1 Å². The van der Waals surface area contributed by atoms with Crippen molar-refractivity contribution < 1.29 is 13.7 Å². The summed E-state index contributed by atoms with van der Waals surface area (Å²) in [4.78, 5) is 25.9. The van der Waals surface area contributed by atoms with Gasteiger partial charge in [-0.25, -0.2) is 14.4 Å². The van der Waals surface area contributed by atoms with E-state index in [1.807, 2.05) is 27.1 Å². The molecule has 30 heavy (non-hydrogen) atoms. The maximum absolute atomic E-state index is 13.5. The first-order valence-electron chi connectivity index (χ1n) is 9.59. The second-order valence-electron chi connectivity index (χ2n) is 7.48. The molecule has 0 N–H and O–H groups in total. The number of carbonyl (C=O) groups is 1. The zero-order valence-electron chi connectivity index (χ0n) is 16.9. The molecule has 1 unspecified atom stereocenters. The summed E-state index contributed by atoms with van der Waals surface area (Å²) in [6.07, 6.45) is 3.26. The van der Waals surface area contributed by atoms with Crippen molar-refractivity contribution in [1.29, 1.82) is 0 Å². The van der Waals surface area contributed by atoms with Crippen molar-refractivity contribution in [3.8, 4) is 11.3 Å². The quantitative estimate of drug-likeness (QED) is 0.616. The molecular formula is C21H21ClFN5O2. The molecule has 156 valence electrons. The molecule has 0 radical (unpaired) electrons. The Morgan fingerprint density at radius 3 is 2.80 bits per heavy atom. The molecular weight excluding hydrogens is 409 g/mol. The molecule has 1 fully saturated rings. The second kappa shape index (κ2) is 8.02. The Bertz CT molecular complexity index is 1100. The number of benzene rings is 1. The molecule has 1 aromatic carbocycles. The molecule has 4 rings (SSSR count). The number of hydrogen-bond donors (Lipinski definition) is 0. The lowest BCUT2D eigenvalue weighted by atomic mass is 10.0. The summed E-state index contributed by atoms with van der Waals surface area (Å²) in [6.45, 7) is 2.40. The molecule has 2 aromatic heterocycles. The average molecular weight is 430 g/mol. The van der Waals surface area contributed by atoms with Gasteiger partial charge in [0, 0.05) is 38.5 Å². The number of likely N-dealkylation sites (tertiary alicyclic amines) is 1. The predicted octanol–water partition coefficient (Wildman–Crippen LogP) is 4.28. The Hall–Kier alpha value is -3.00. The second-order valence-corrected chi connectivity index (χ2v) is 7.89. The zero-order valence-corrected chi connectivity index (χ0v) is 17.6. The van der Waals surface area contributed by atoms with Gasteiger partial charge in [-0.3, -0.25) is 4.79 Å². The summed E-state index contributed by atoms with van der Waals surface area (Å²) in [5.41, 5.74) is 2.48. The minimum Gasteiger partial charge on any atom is -0.356 e. The number of halogens is 2. The summed E-state index contributed by atoms with van der Waals surface area (Å²) in [7, 11) is 3.71. The van der Waals surface area contributed by atoms with Gasteiger partial charge in [0.05, 0.1) is 28.0 Å². The van der Waals surface area contributed by atoms with Crippen LogP contribution in [0.25, 0.3) is 11.3 Å². The van der Waals surface area contributed by atoms with Gasteiger partial charge in [-0.1, -0.05) is 16.8 Å². The largest absolute Gasteiger partial charge is 0.356 e. The van der Waals surface area contributed by atoms with Gasteiger partial charge < -0.3 is 14.3 Å². The van der Waals surface area contributed by atoms with E-state index in [0.717, 1.165) is 18.5 Å².